The Morgan fingerprint density at radius 1 is 1.53 bits per heavy atom. The minimum atomic E-state index is -1.57. The summed E-state index contributed by atoms with van der Waals surface area (Å²) in [5.74, 6) is 0. The van der Waals surface area contributed by atoms with Gasteiger partial charge in [-0.05, 0) is 6.92 Å². The number of β-amino-alcohol motifs (C(OH)–C–C–N with tert-alkyl or cyclic N) is 1. The van der Waals surface area contributed by atoms with Gasteiger partial charge in [-0.25, -0.2) is 4.79 Å². The monoisotopic (exact) mass is 271 g/mol. The highest BCUT2D eigenvalue weighted by molar-refractivity contribution is 5.05. The number of H-pyrrole nitrogens is 1. The van der Waals surface area contributed by atoms with Crippen LogP contribution in [0.2, 0.25) is 0 Å². The summed E-state index contributed by atoms with van der Waals surface area (Å²) < 4.78 is 1.14. The van der Waals surface area contributed by atoms with E-state index in [1.165, 1.54) is 6.20 Å². The number of rotatable bonds is 3. The quantitative estimate of drug-likeness (QED) is 0.396. The fraction of sp³-hybridized carbons (Fsp3) is 0.636. The van der Waals surface area contributed by atoms with Crippen LogP contribution in [0.25, 0.3) is 0 Å². The predicted molar refractivity (Wildman–Crippen MR) is 65.9 cm³/mol. The number of aryl methyl sites for hydroxylation is 1. The van der Waals surface area contributed by atoms with Crippen LogP contribution in [0.3, 0.4) is 0 Å². The number of hydrogen-bond donors (Lipinski definition) is 5. The molecule has 8 heteroatoms. The van der Waals surface area contributed by atoms with Gasteiger partial charge < -0.3 is 20.6 Å². The van der Waals surface area contributed by atoms with E-state index in [4.69, 9.17) is 5.11 Å². The maximum absolute atomic E-state index is 11.6. The summed E-state index contributed by atoms with van der Waals surface area (Å²) in [7, 11) is 0. The summed E-state index contributed by atoms with van der Waals surface area (Å²) in [6.45, 7) is 1.10. The van der Waals surface area contributed by atoms with E-state index < -0.39 is 29.0 Å². The van der Waals surface area contributed by atoms with Gasteiger partial charge in [0.15, 0.2) is 0 Å². The molecule has 0 radical (unpaired) electrons. The highest BCUT2D eigenvalue weighted by Crippen LogP contribution is 2.21. The maximum atomic E-state index is 11.6. The van der Waals surface area contributed by atoms with Crippen molar-refractivity contribution >= 4 is 0 Å². The number of hydrogen-bond acceptors (Lipinski definition) is 6. The molecule has 0 amide bonds. The van der Waals surface area contributed by atoms with Crippen molar-refractivity contribution in [2.75, 3.05) is 13.2 Å². The van der Waals surface area contributed by atoms with E-state index in [2.05, 4.69) is 10.3 Å². The first-order valence-electron chi connectivity index (χ1n) is 5.92. The summed E-state index contributed by atoms with van der Waals surface area (Å²) in [5.41, 5.74) is -2.36. The third-order valence-electron chi connectivity index (χ3n) is 3.43. The molecule has 1 aromatic rings. The Morgan fingerprint density at radius 2 is 2.21 bits per heavy atom. The zero-order valence-corrected chi connectivity index (χ0v) is 10.5. The smallest absolute Gasteiger partial charge is 0.328 e. The van der Waals surface area contributed by atoms with Crippen molar-refractivity contribution in [2.45, 2.75) is 31.2 Å². The Balaban J connectivity index is 2.29. The van der Waals surface area contributed by atoms with Gasteiger partial charge in [-0.15, -0.1) is 0 Å². The van der Waals surface area contributed by atoms with Gasteiger partial charge in [0.1, 0.15) is 11.7 Å². The Kier molecular flexibility index (Phi) is 3.59. The lowest BCUT2D eigenvalue weighted by atomic mass is 9.96. The lowest BCUT2D eigenvalue weighted by Gasteiger charge is -2.27. The first kappa shape index (κ1) is 13.9. The molecule has 2 heterocycles. The molecule has 0 saturated carbocycles. The number of aliphatic hydroxyl groups excluding tert-OH is 2. The van der Waals surface area contributed by atoms with Gasteiger partial charge in [0, 0.05) is 18.3 Å². The molecular weight excluding hydrogens is 254 g/mol. The van der Waals surface area contributed by atoms with Gasteiger partial charge in [-0.1, -0.05) is 0 Å². The Bertz CT molecular complexity index is 580. The van der Waals surface area contributed by atoms with E-state index in [1.54, 1.807) is 6.92 Å². The second kappa shape index (κ2) is 4.89. The molecule has 1 aliphatic rings. The molecule has 0 bridgehead atoms. The fourth-order valence-corrected chi connectivity index (χ4v) is 2.24. The van der Waals surface area contributed by atoms with E-state index in [-0.39, 0.29) is 19.7 Å². The van der Waals surface area contributed by atoms with Crippen molar-refractivity contribution in [1.82, 2.24) is 14.9 Å². The Hall–Kier alpha value is -1.48. The highest BCUT2D eigenvalue weighted by Gasteiger charge is 2.46. The van der Waals surface area contributed by atoms with E-state index in [9.17, 15) is 19.8 Å². The van der Waals surface area contributed by atoms with Crippen molar-refractivity contribution in [1.29, 1.82) is 0 Å². The lowest BCUT2D eigenvalue weighted by Crippen LogP contribution is -2.50. The van der Waals surface area contributed by atoms with Gasteiger partial charge in [0.2, 0.25) is 0 Å². The largest absolute Gasteiger partial charge is 0.395 e. The standard InChI is InChI=1S/C11H17N3O5/c1-6-2-14(10(18)13-9(6)17)5-11(19)4-12-7(3-15)8(11)16/h2,7-8,12,15-16,19H,3-5H2,1H3,(H,13,17,18)/t7-,8-,11-/m1/s1. The Morgan fingerprint density at radius 3 is 2.79 bits per heavy atom. The second-order valence-electron chi connectivity index (χ2n) is 4.92. The molecule has 1 saturated heterocycles. The van der Waals surface area contributed by atoms with E-state index in [0.717, 1.165) is 4.57 Å². The van der Waals surface area contributed by atoms with Crippen LogP contribution >= 0.6 is 0 Å². The lowest BCUT2D eigenvalue weighted by molar-refractivity contribution is -0.0654. The molecule has 1 aliphatic heterocycles. The third-order valence-corrected chi connectivity index (χ3v) is 3.43. The van der Waals surface area contributed by atoms with Crippen molar-refractivity contribution < 1.29 is 15.3 Å². The third kappa shape index (κ3) is 2.47. The summed E-state index contributed by atoms with van der Waals surface area (Å²) in [6.07, 6.45) is 0.134. The molecule has 8 nitrogen and oxygen atoms in total. The average molecular weight is 271 g/mol. The van der Waals surface area contributed by atoms with Crippen molar-refractivity contribution in [2.24, 2.45) is 0 Å². The molecule has 0 aliphatic carbocycles. The summed E-state index contributed by atoms with van der Waals surface area (Å²) in [6, 6.07) is -0.635. The van der Waals surface area contributed by atoms with Crippen LogP contribution in [0.5, 0.6) is 0 Å². The zero-order valence-electron chi connectivity index (χ0n) is 10.5. The zero-order chi connectivity index (χ0) is 14.2. The van der Waals surface area contributed by atoms with Gasteiger partial charge in [-0.3, -0.25) is 14.3 Å². The molecule has 1 fully saturated rings. The van der Waals surface area contributed by atoms with E-state index in [1.807, 2.05) is 0 Å². The topological polar surface area (TPSA) is 128 Å². The summed E-state index contributed by atoms with van der Waals surface area (Å²) in [5, 5.41) is 32.0. The van der Waals surface area contributed by atoms with Crippen LogP contribution in [0, 0.1) is 6.92 Å². The minimum Gasteiger partial charge on any atom is -0.395 e. The Labute approximate surface area is 108 Å². The molecule has 19 heavy (non-hydrogen) atoms. The molecule has 5 N–H and O–H groups in total. The van der Waals surface area contributed by atoms with Crippen molar-refractivity contribution in [3.8, 4) is 0 Å². The fourth-order valence-electron chi connectivity index (χ4n) is 2.24. The van der Waals surface area contributed by atoms with E-state index >= 15 is 0 Å². The molecule has 1 aromatic heterocycles. The molecule has 106 valence electrons. The molecule has 0 spiro atoms. The number of aromatic nitrogens is 2. The molecular formula is C11H17N3O5. The average Bonchev–Trinajstić information content (AvgIpc) is 2.63. The molecule has 3 atom stereocenters. The van der Waals surface area contributed by atoms with Gasteiger partial charge in [-0.2, -0.15) is 0 Å². The van der Waals surface area contributed by atoms with Crippen molar-refractivity contribution in [3.63, 3.8) is 0 Å². The summed E-state index contributed by atoms with van der Waals surface area (Å²) in [4.78, 5) is 25.0. The minimum absolute atomic E-state index is 0.0456. The first-order valence-corrected chi connectivity index (χ1v) is 5.92. The normalized spacial score (nSPS) is 30.7. The van der Waals surface area contributed by atoms with Crippen LogP contribution in [-0.4, -0.2) is 55.8 Å². The summed E-state index contributed by atoms with van der Waals surface area (Å²) >= 11 is 0. The SMILES string of the molecule is Cc1cn(C[C@]2(O)CN[C@H](CO)[C@H]2O)c(=O)[nH]c1=O. The molecule has 0 aromatic carbocycles. The highest BCUT2D eigenvalue weighted by atomic mass is 16.4. The van der Waals surface area contributed by atoms with Crippen molar-refractivity contribution in [3.05, 3.63) is 32.6 Å². The predicted octanol–water partition coefficient (Wildman–Crippen LogP) is -3.10. The van der Waals surface area contributed by atoms with Crippen LogP contribution < -0.4 is 16.6 Å². The van der Waals surface area contributed by atoms with Gasteiger partial charge in [0.25, 0.3) is 5.56 Å². The molecule has 0 unspecified atom stereocenters. The van der Waals surface area contributed by atoms with Gasteiger partial charge >= 0.3 is 5.69 Å². The van der Waals surface area contributed by atoms with Gasteiger partial charge in [0.05, 0.1) is 19.2 Å². The first-order chi connectivity index (χ1) is 8.87. The van der Waals surface area contributed by atoms with E-state index in [0.29, 0.717) is 5.56 Å². The van der Waals surface area contributed by atoms with Crippen LogP contribution in [-0.2, 0) is 6.54 Å². The van der Waals surface area contributed by atoms with Crippen LogP contribution in [0.4, 0.5) is 0 Å². The number of aliphatic hydroxyl groups is 3. The van der Waals surface area contributed by atoms with Crippen LogP contribution in [0.1, 0.15) is 5.56 Å². The maximum Gasteiger partial charge on any atom is 0.328 e. The number of nitrogens with one attached hydrogen (secondary N) is 2. The van der Waals surface area contributed by atoms with Crippen LogP contribution in [0.15, 0.2) is 15.8 Å². The second-order valence-corrected chi connectivity index (χ2v) is 4.92. The molecule has 2 rings (SSSR count). The number of aromatic amines is 1. The number of nitrogens with zero attached hydrogens (tertiary/aromatic N) is 1.